The van der Waals surface area contributed by atoms with Gasteiger partial charge in [-0.15, -0.1) is 0 Å². The second-order valence-corrected chi connectivity index (χ2v) is 5.06. The Kier molecular flexibility index (Phi) is 4.26. The molecular formula is C11H18N2O2S. The first-order valence-electron chi connectivity index (χ1n) is 5.71. The molecule has 0 aromatic carbocycles. The molecule has 2 unspecified atom stereocenters. The van der Waals surface area contributed by atoms with Crippen LogP contribution in [0.15, 0.2) is 12.4 Å². The van der Waals surface area contributed by atoms with E-state index in [1.807, 2.05) is 22.5 Å². The van der Waals surface area contributed by atoms with E-state index in [1.54, 1.807) is 6.20 Å². The van der Waals surface area contributed by atoms with Gasteiger partial charge < -0.3 is 14.4 Å². The molecule has 2 atom stereocenters. The Morgan fingerprint density at radius 1 is 1.75 bits per heavy atom. The van der Waals surface area contributed by atoms with Crippen LogP contribution < -0.4 is 0 Å². The van der Waals surface area contributed by atoms with Gasteiger partial charge in [-0.05, 0) is 6.42 Å². The van der Waals surface area contributed by atoms with E-state index in [-0.39, 0.29) is 6.10 Å². The summed E-state index contributed by atoms with van der Waals surface area (Å²) in [5.74, 6) is 2.60. The molecule has 1 N–H and O–H groups in total. The molecule has 1 aliphatic heterocycles. The third kappa shape index (κ3) is 2.59. The number of ether oxygens (including phenoxy) is 1. The molecule has 90 valence electrons. The molecule has 0 amide bonds. The van der Waals surface area contributed by atoms with Crippen molar-refractivity contribution in [3.63, 3.8) is 0 Å². The summed E-state index contributed by atoms with van der Waals surface area (Å²) in [7, 11) is 0. The molecule has 0 radical (unpaired) electrons. The largest absolute Gasteiger partial charge is 0.382 e. The minimum absolute atomic E-state index is 0.114. The van der Waals surface area contributed by atoms with E-state index in [1.165, 1.54) is 0 Å². The van der Waals surface area contributed by atoms with Crippen molar-refractivity contribution in [1.29, 1.82) is 0 Å². The van der Waals surface area contributed by atoms with E-state index in [9.17, 15) is 5.11 Å². The maximum atomic E-state index is 10.2. The highest BCUT2D eigenvalue weighted by Crippen LogP contribution is 2.24. The van der Waals surface area contributed by atoms with Gasteiger partial charge >= 0.3 is 0 Å². The van der Waals surface area contributed by atoms with Crippen molar-refractivity contribution in [3.8, 4) is 0 Å². The van der Waals surface area contributed by atoms with Crippen LogP contribution in [0.2, 0.25) is 0 Å². The Labute approximate surface area is 100 Å². The number of aliphatic hydroxyl groups excluding tert-OH is 1. The van der Waals surface area contributed by atoms with Crippen molar-refractivity contribution in [2.75, 3.05) is 18.1 Å². The highest BCUT2D eigenvalue weighted by Gasteiger charge is 2.27. The zero-order valence-corrected chi connectivity index (χ0v) is 10.3. The first-order chi connectivity index (χ1) is 7.83. The molecule has 1 aromatic rings. The Morgan fingerprint density at radius 3 is 3.31 bits per heavy atom. The van der Waals surface area contributed by atoms with E-state index in [0.29, 0.717) is 0 Å². The summed E-state index contributed by atoms with van der Waals surface area (Å²) in [4.78, 5) is 4.23. The summed E-state index contributed by atoms with van der Waals surface area (Å²) in [6, 6.07) is 0. The van der Waals surface area contributed by atoms with Crippen molar-refractivity contribution in [1.82, 2.24) is 9.55 Å². The van der Waals surface area contributed by atoms with Gasteiger partial charge in [-0.2, -0.15) is 11.8 Å². The molecule has 2 rings (SSSR count). The van der Waals surface area contributed by atoms with Gasteiger partial charge in [0.15, 0.2) is 0 Å². The minimum atomic E-state index is -0.602. The van der Waals surface area contributed by atoms with Gasteiger partial charge in [-0.3, -0.25) is 0 Å². The second kappa shape index (κ2) is 5.70. The Balaban J connectivity index is 2.06. The van der Waals surface area contributed by atoms with Crippen LogP contribution in [-0.4, -0.2) is 38.9 Å². The van der Waals surface area contributed by atoms with Crippen molar-refractivity contribution in [2.24, 2.45) is 0 Å². The van der Waals surface area contributed by atoms with Crippen molar-refractivity contribution in [3.05, 3.63) is 18.2 Å². The summed E-state index contributed by atoms with van der Waals surface area (Å²) < 4.78 is 7.58. The minimum Gasteiger partial charge on any atom is -0.382 e. The van der Waals surface area contributed by atoms with E-state index in [2.05, 4.69) is 11.9 Å². The van der Waals surface area contributed by atoms with Gasteiger partial charge in [-0.1, -0.05) is 6.92 Å². The van der Waals surface area contributed by atoms with Crippen LogP contribution in [0.4, 0.5) is 0 Å². The number of rotatable bonds is 4. The van der Waals surface area contributed by atoms with Crippen LogP contribution in [0.1, 0.15) is 25.3 Å². The first-order valence-corrected chi connectivity index (χ1v) is 6.87. The summed E-state index contributed by atoms with van der Waals surface area (Å²) in [6.07, 6.45) is 3.98. The number of thioether (sulfide) groups is 1. The third-order valence-corrected chi connectivity index (χ3v) is 3.69. The van der Waals surface area contributed by atoms with Crippen LogP contribution >= 0.6 is 11.8 Å². The number of aromatic nitrogens is 2. The lowest BCUT2D eigenvalue weighted by atomic mass is 10.2. The molecule has 0 aliphatic carbocycles. The lowest BCUT2D eigenvalue weighted by molar-refractivity contribution is -0.0280. The van der Waals surface area contributed by atoms with Crippen LogP contribution in [0.25, 0.3) is 0 Å². The number of imidazole rings is 1. The molecule has 1 aromatic heterocycles. The number of hydrogen-bond acceptors (Lipinski definition) is 4. The Hall–Kier alpha value is -0.520. The van der Waals surface area contributed by atoms with E-state index >= 15 is 0 Å². The highest BCUT2D eigenvalue weighted by molar-refractivity contribution is 7.99. The maximum Gasteiger partial charge on any atom is 0.140 e. The molecule has 1 saturated heterocycles. The van der Waals surface area contributed by atoms with Crippen LogP contribution in [-0.2, 0) is 11.3 Å². The fourth-order valence-electron chi connectivity index (χ4n) is 1.87. The molecule has 0 spiro atoms. The van der Waals surface area contributed by atoms with Gasteiger partial charge in [0, 0.05) is 30.4 Å². The zero-order valence-electron chi connectivity index (χ0n) is 9.50. The molecular weight excluding hydrogens is 224 g/mol. The smallest absolute Gasteiger partial charge is 0.140 e. The Bertz CT molecular complexity index is 324. The number of nitrogens with zero attached hydrogens (tertiary/aromatic N) is 2. The lowest BCUT2D eigenvalue weighted by Gasteiger charge is -2.26. The first kappa shape index (κ1) is 12.0. The van der Waals surface area contributed by atoms with Gasteiger partial charge in [0.25, 0.3) is 0 Å². The molecule has 4 nitrogen and oxygen atoms in total. The molecule has 1 fully saturated rings. The third-order valence-electron chi connectivity index (χ3n) is 2.67. The topological polar surface area (TPSA) is 47.3 Å². The van der Waals surface area contributed by atoms with E-state index in [4.69, 9.17) is 4.74 Å². The molecule has 0 bridgehead atoms. The van der Waals surface area contributed by atoms with Gasteiger partial charge in [-0.25, -0.2) is 4.98 Å². The van der Waals surface area contributed by atoms with Crippen molar-refractivity contribution >= 4 is 11.8 Å². The quantitative estimate of drug-likeness (QED) is 0.868. The fraction of sp³-hybridized carbons (Fsp3) is 0.727. The summed E-state index contributed by atoms with van der Waals surface area (Å²) >= 11 is 1.83. The van der Waals surface area contributed by atoms with Crippen LogP contribution in [0, 0.1) is 0 Å². The second-order valence-electron chi connectivity index (χ2n) is 3.91. The molecule has 16 heavy (non-hydrogen) atoms. The summed E-state index contributed by atoms with van der Waals surface area (Å²) in [5, 5.41) is 10.2. The molecule has 0 saturated carbocycles. The number of aryl methyl sites for hydroxylation is 1. The number of aliphatic hydroxyl groups is 1. The molecule has 5 heteroatoms. The number of hydrogen-bond donors (Lipinski definition) is 1. The summed E-state index contributed by atoms with van der Waals surface area (Å²) in [5.41, 5.74) is 0. The standard InChI is InChI=1S/C11H18N2O2S/c1-2-4-13-5-3-12-11(13)10(14)9-8-16-7-6-15-9/h3,5,9-10,14H,2,4,6-8H2,1H3. The molecule has 1 aliphatic rings. The van der Waals surface area contributed by atoms with Gasteiger partial charge in [0.05, 0.1) is 12.7 Å². The zero-order chi connectivity index (χ0) is 11.4. The average Bonchev–Trinajstić information content (AvgIpc) is 2.78. The SMILES string of the molecule is CCCn1ccnc1C(O)C1CSCCO1. The van der Waals surface area contributed by atoms with Crippen LogP contribution in [0.5, 0.6) is 0 Å². The normalized spacial score (nSPS) is 23.2. The van der Waals surface area contributed by atoms with Crippen molar-refractivity contribution in [2.45, 2.75) is 32.1 Å². The van der Waals surface area contributed by atoms with Gasteiger partial charge in [0.2, 0.25) is 0 Å². The summed E-state index contributed by atoms with van der Waals surface area (Å²) in [6.45, 7) is 3.73. The molecule has 2 heterocycles. The lowest BCUT2D eigenvalue weighted by Crippen LogP contribution is -2.31. The van der Waals surface area contributed by atoms with Crippen LogP contribution in [0.3, 0.4) is 0 Å². The Morgan fingerprint density at radius 2 is 2.62 bits per heavy atom. The predicted molar refractivity (Wildman–Crippen MR) is 64.5 cm³/mol. The van der Waals surface area contributed by atoms with Crippen molar-refractivity contribution < 1.29 is 9.84 Å². The average molecular weight is 242 g/mol. The van der Waals surface area contributed by atoms with E-state index in [0.717, 1.165) is 36.9 Å². The highest BCUT2D eigenvalue weighted by atomic mass is 32.2. The maximum absolute atomic E-state index is 10.2. The van der Waals surface area contributed by atoms with Gasteiger partial charge in [0.1, 0.15) is 11.9 Å². The monoisotopic (exact) mass is 242 g/mol. The van der Waals surface area contributed by atoms with E-state index < -0.39 is 6.10 Å². The predicted octanol–water partition coefficient (Wildman–Crippen LogP) is 1.46. The fourth-order valence-corrected chi connectivity index (χ4v) is 2.76.